The van der Waals surface area contributed by atoms with Gasteiger partial charge >= 0.3 is 0 Å². The predicted molar refractivity (Wildman–Crippen MR) is 159 cm³/mol. The van der Waals surface area contributed by atoms with Crippen LogP contribution in [0.25, 0.3) is 65.3 Å². The molecule has 0 heteroatoms. The molecule has 0 N–H and O–H groups in total. The lowest BCUT2D eigenvalue weighted by Gasteiger charge is -2.35. The van der Waals surface area contributed by atoms with Crippen LogP contribution in [0.2, 0.25) is 0 Å². The molecule has 0 saturated heterocycles. The molecule has 1 aliphatic carbocycles. The first-order chi connectivity index (χ1) is 18.1. The molecular formula is C37H26. The number of hydrogen-bond acceptors (Lipinski definition) is 0. The van der Waals surface area contributed by atoms with Gasteiger partial charge in [-0.3, -0.25) is 0 Å². The van der Waals surface area contributed by atoms with Gasteiger partial charge in [-0.15, -0.1) is 0 Å². The molecular weight excluding hydrogens is 444 g/mol. The molecule has 0 aromatic heterocycles. The van der Waals surface area contributed by atoms with Gasteiger partial charge in [0.25, 0.3) is 0 Å². The average molecular weight is 471 g/mol. The van der Waals surface area contributed by atoms with Crippen molar-refractivity contribution >= 4 is 43.1 Å². The average Bonchev–Trinajstić information content (AvgIpc) is 2.94. The van der Waals surface area contributed by atoms with Gasteiger partial charge in [-0.05, 0) is 88.6 Å². The van der Waals surface area contributed by atoms with Crippen LogP contribution in [0.3, 0.4) is 0 Å². The highest BCUT2D eigenvalue weighted by molar-refractivity contribution is 6.18. The van der Waals surface area contributed by atoms with Gasteiger partial charge in [0.15, 0.2) is 0 Å². The van der Waals surface area contributed by atoms with Gasteiger partial charge < -0.3 is 0 Å². The number of fused-ring (bicyclic) bond motifs is 6. The number of hydrogen-bond donors (Lipinski definition) is 0. The minimum atomic E-state index is -0.0439. The van der Waals surface area contributed by atoms with Gasteiger partial charge in [0.1, 0.15) is 0 Å². The zero-order valence-corrected chi connectivity index (χ0v) is 21.0. The molecule has 0 aliphatic heterocycles. The predicted octanol–water partition coefficient (Wildman–Crippen LogP) is 10.3. The largest absolute Gasteiger partial charge is 0.0619 e. The number of benzene rings is 7. The van der Waals surface area contributed by atoms with Crippen molar-refractivity contribution in [2.45, 2.75) is 19.3 Å². The molecule has 0 spiro atoms. The van der Waals surface area contributed by atoms with Crippen molar-refractivity contribution in [3.63, 3.8) is 0 Å². The number of rotatable bonds is 1. The van der Waals surface area contributed by atoms with E-state index in [-0.39, 0.29) is 5.41 Å². The molecule has 174 valence electrons. The van der Waals surface area contributed by atoms with Crippen molar-refractivity contribution in [3.05, 3.63) is 132 Å². The maximum Gasteiger partial charge on any atom is 0.0159 e. The summed E-state index contributed by atoms with van der Waals surface area (Å²) in [7, 11) is 0. The fraction of sp³-hybridized carbons (Fsp3) is 0.0811. The lowest BCUT2D eigenvalue weighted by atomic mass is 9.68. The summed E-state index contributed by atoms with van der Waals surface area (Å²) in [5.41, 5.74) is 8.09. The monoisotopic (exact) mass is 470 g/mol. The highest BCUT2D eigenvalue weighted by atomic mass is 14.4. The molecule has 0 radical (unpaired) electrons. The topological polar surface area (TPSA) is 0 Å². The van der Waals surface area contributed by atoms with Crippen molar-refractivity contribution in [2.24, 2.45) is 0 Å². The third-order valence-electron chi connectivity index (χ3n) is 8.64. The van der Waals surface area contributed by atoms with Crippen molar-refractivity contribution in [2.75, 3.05) is 0 Å². The molecule has 1 aliphatic rings. The Kier molecular flexibility index (Phi) is 4.10. The summed E-state index contributed by atoms with van der Waals surface area (Å²) in [6.07, 6.45) is 0. The Morgan fingerprint density at radius 3 is 1.92 bits per heavy atom. The van der Waals surface area contributed by atoms with E-state index in [2.05, 4.69) is 135 Å². The Bertz CT molecular complexity index is 2060. The van der Waals surface area contributed by atoms with E-state index in [1.165, 1.54) is 76.5 Å². The van der Waals surface area contributed by atoms with E-state index in [1.807, 2.05) is 0 Å². The van der Waals surface area contributed by atoms with Crippen LogP contribution >= 0.6 is 0 Å². The minimum absolute atomic E-state index is 0.0439. The van der Waals surface area contributed by atoms with Crippen LogP contribution in [0, 0.1) is 0 Å². The normalized spacial score (nSPS) is 13.9. The second-order valence-corrected chi connectivity index (χ2v) is 10.9. The van der Waals surface area contributed by atoms with E-state index >= 15 is 0 Å². The van der Waals surface area contributed by atoms with Gasteiger partial charge in [-0.1, -0.05) is 123 Å². The molecule has 0 bridgehead atoms. The zero-order valence-electron chi connectivity index (χ0n) is 21.0. The molecule has 0 unspecified atom stereocenters. The SMILES string of the molecule is CC1(C)c2ccccc2-c2cccc3c(-c4cccc5c4ccc4cc6ccccc6cc45)ccc1c23. The third kappa shape index (κ3) is 2.79. The van der Waals surface area contributed by atoms with Crippen molar-refractivity contribution in [3.8, 4) is 22.3 Å². The maximum atomic E-state index is 2.38. The molecule has 0 heterocycles. The fourth-order valence-corrected chi connectivity index (χ4v) is 6.81. The van der Waals surface area contributed by atoms with E-state index in [1.54, 1.807) is 0 Å². The van der Waals surface area contributed by atoms with E-state index < -0.39 is 0 Å². The second kappa shape index (κ2) is 7.31. The lowest BCUT2D eigenvalue weighted by molar-refractivity contribution is 0.645. The van der Waals surface area contributed by atoms with E-state index in [0.29, 0.717) is 0 Å². The van der Waals surface area contributed by atoms with E-state index in [0.717, 1.165) is 0 Å². The van der Waals surface area contributed by atoms with Gasteiger partial charge in [0.05, 0.1) is 0 Å². The summed E-state index contributed by atoms with van der Waals surface area (Å²) in [6, 6.07) is 45.2. The summed E-state index contributed by atoms with van der Waals surface area (Å²) in [5, 5.41) is 10.5. The summed E-state index contributed by atoms with van der Waals surface area (Å²) in [6.45, 7) is 4.73. The molecule has 0 atom stereocenters. The Labute approximate surface area is 216 Å². The van der Waals surface area contributed by atoms with Crippen LogP contribution in [0.4, 0.5) is 0 Å². The van der Waals surface area contributed by atoms with Crippen LogP contribution in [0.1, 0.15) is 25.0 Å². The van der Waals surface area contributed by atoms with Crippen LogP contribution in [0.5, 0.6) is 0 Å². The van der Waals surface area contributed by atoms with Gasteiger partial charge in [0.2, 0.25) is 0 Å². The summed E-state index contributed by atoms with van der Waals surface area (Å²) >= 11 is 0. The molecule has 8 rings (SSSR count). The summed E-state index contributed by atoms with van der Waals surface area (Å²) in [4.78, 5) is 0. The minimum Gasteiger partial charge on any atom is -0.0619 e. The summed E-state index contributed by atoms with van der Waals surface area (Å²) < 4.78 is 0. The first-order valence-corrected chi connectivity index (χ1v) is 13.1. The smallest absolute Gasteiger partial charge is 0.0159 e. The molecule has 0 saturated carbocycles. The fourth-order valence-electron chi connectivity index (χ4n) is 6.81. The molecule has 0 nitrogen and oxygen atoms in total. The summed E-state index contributed by atoms with van der Waals surface area (Å²) in [5.74, 6) is 0. The molecule has 37 heavy (non-hydrogen) atoms. The van der Waals surface area contributed by atoms with E-state index in [9.17, 15) is 0 Å². The highest BCUT2D eigenvalue weighted by Crippen LogP contribution is 2.50. The Balaban J connectivity index is 1.45. The molecule has 7 aromatic carbocycles. The van der Waals surface area contributed by atoms with Crippen molar-refractivity contribution < 1.29 is 0 Å². The van der Waals surface area contributed by atoms with Gasteiger partial charge in [0, 0.05) is 5.41 Å². The van der Waals surface area contributed by atoms with Crippen molar-refractivity contribution in [1.29, 1.82) is 0 Å². The standard InChI is InChI=1S/C37H26/c1-37(2)34-16-6-5-11-30(34)32-15-8-14-31-29(19-20-35(37)36(31)32)26-12-7-13-27-28(26)18-17-25-21-23-9-3-4-10-24(23)22-33(25)27/h3-22H,1-2H3. The molecule has 0 fully saturated rings. The maximum absolute atomic E-state index is 2.38. The highest BCUT2D eigenvalue weighted by Gasteiger charge is 2.33. The zero-order chi connectivity index (χ0) is 24.7. The molecule has 0 amide bonds. The lowest BCUT2D eigenvalue weighted by Crippen LogP contribution is -2.23. The molecule has 7 aromatic rings. The first-order valence-electron chi connectivity index (χ1n) is 13.1. The Hall–Kier alpha value is -4.42. The van der Waals surface area contributed by atoms with Crippen LogP contribution in [0.15, 0.2) is 121 Å². The van der Waals surface area contributed by atoms with Crippen molar-refractivity contribution in [1.82, 2.24) is 0 Å². The Morgan fingerprint density at radius 2 is 1.05 bits per heavy atom. The quantitative estimate of drug-likeness (QED) is 0.165. The second-order valence-electron chi connectivity index (χ2n) is 10.9. The van der Waals surface area contributed by atoms with Crippen LogP contribution < -0.4 is 0 Å². The van der Waals surface area contributed by atoms with Gasteiger partial charge in [-0.2, -0.15) is 0 Å². The van der Waals surface area contributed by atoms with E-state index in [4.69, 9.17) is 0 Å². The van der Waals surface area contributed by atoms with Gasteiger partial charge in [-0.25, -0.2) is 0 Å². The third-order valence-corrected chi connectivity index (χ3v) is 8.64. The first kappa shape index (κ1) is 20.7. The van der Waals surface area contributed by atoms with Crippen LogP contribution in [-0.2, 0) is 5.41 Å². The Morgan fingerprint density at radius 1 is 0.378 bits per heavy atom. The van der Waals surface area contributed by atoms with Crippen LogP contribution in [-0.4, -0.2) is 0 Å².